The lowest BCUT2D eigenvalue weighted by molar-refractivity contribution is 0.00578. The van der Waals surface area contributed by atoms with Crippen LogP contribution in [-0.2, 0) is 9.31 Å². The van der Waals surface area contributed by atoms with E-state index in [1.807, 2.05) is 40.7 Å². The number of carbonyl (C=O) groups is 1. The zero-order chi connectivity index (χ0) is 21.8. The maximum Gasteiger partial charge on any atom is 0.495 e. The van der Waals surface area contributed by atoms with Crippen LogP contribution in [0.5, 0.6) is 0 Å². The number of hydrogen-bond acceptors (Lipinski definition) is 5. The first-order valence-corrected chi connectivity index (χ1v) is 9.75. The van der Waals surface area contributed by atoms with Gasteiger partial charge >= 0.3 is 12.8 Å². The molecule has 1 aliphatic heterocycles. The molecule has 0 amide bonds. The minimum atomic E-state index is -0.615. The lowest BCUT2D eigenvalue weighted by Gasteiger charge is -2.32. The second-order valence-electron chi connectivity index (χ2n) is 8.52. The molecule has 1 fully saturated rings. The Morgan fingerprint density at radius 1 is 1.00 bits per heavy atom. The molecule has 30 heavy (non-hydrogen) atoms. The zero-order valence-electron chi connectivity index (χ0n) is 17.6. The third-order valence-electron chi connectivity index (χ3n) is 6.17. The van der Waals surface area contributed by atoms with Crippen molar-refractivity contribution < 1.29 is 14.1 Å². The van der Waals surface area contributed by atoms with Crippen LogP contribution in [0.2, 0.25) is 0 Å². The zero-order valence-corrected chi connectivity index (χ0v) is 17.6. The summed E-state index contributed by atoms with van der Waals surface area (Å²) in [6.07, 6.45) is 2.16. The van der Waals surface area contributed by atoms with E-state index >= 15 is 0 Å². The van der Waals surface area contributed by atoms with Crippen molar-refractivity contribution in [3.05, 3.63) is 74.6 Å². The van der Waals surface area contributed by atoms with Gasteiger partial charge in [0.25, 0.3) is 5.56 Å². The number of carbonyl (C=O) groups excluding carboxylic acids is 1. The first-order valence-electron chi connectivity index (χ1n) is 9.75. The highest BCUT2D eigenvalue weighted by molar-refractivity contribution is 6.62. The quantitative estimate of drug-likeness (QED) is 0.490. The number of pyridine rings is 1. The summed E-state index contributed by atoms with van der Waals surface area (Å²) in [5.41, 5.74) is 0.392. The van der Waals surface area contributed by atoms with Crippen LogP contribution >= 0.6 is 0 Å². The van der Waals surface area contributed by atoms with Crippen LogP contribution in [0.3, 0.4) is 0 Å². The van der Waals surface area contributed by atoms with Crippen LogP contribution in [0, 0.1) is 6.92 Å². The maximum absolute atomic E-state index is 13.2. The Balaban J connectivity index is 1.91. The molecule has 0 N–H and O–H groups in total. The smallest absolute Gasteiger partial charge is 0.399 e. The summed E-state index contributed by atoms with van der Waals surface area (Å²) in [6, 6.07) is 9.81. The summed E-state index contributed by atoms with van der Waals surface area (Å²) in [6.45, 7) is 9.71. The van der Waals surface area contributed by atoms with Gasteiger partial charge in [-0.25, -0.2) is 9.36 Å². The molecule has 1 saturated heterocycles. The highest BCUT2D eigenvalue weighted by Gasteiger charge is 2.52. The summed E-state index contributed by atoms with van der Waals surface area (Å²) >= 11 is 0. The molecule has 3 heterocycles. The van der Waals surface area contributed by atoms with Crippen LogP contribution in [0.4, 0.5) is 0 Å². The Hall–Kier alpha value is -2.97. The third-order valence-corrected chi connectivity index (χ3v) is 6.17. The Morgan fingerprint density at radius 2 is 1.67 bits per heavy atom. The van der Waals surface area contributed by atoms with E-state index in [9.17, 15) is 14.4 Å². The minimum absolute atomic E-state index is 0.276. The van der Waals surface area contributed by atoms with E-state index in [-0.39, 0.29) is 11.1 Å². The molecule has 3 aromatic rings. The molecule has 1 aliphatic rings. The summed E-state index contributed by atoms with van der Waals surface area (Å²) < 4.78 is 14.7. The summed E-state index contributed by atoms with van der Waals surface area (Å²) in [7, 11) is -0.615. The van der Waals surface area contributed by atoms with Gasteiger partial charge in [0.2, 0.25) is 0 Å². The number of nitrogens with zero attached hydrogens (tertiary/aromatic N) is 2. The van der Waals surface area contributed by atoms with Gasteiger partial charge in [0, 0.05) is 17.8 Å². The van der Waals surface area contributed by atoms with E-state index < -0.39 is 29.6 Å². The number of aldehydes is 1. The number of rotatable bonds is 3. The van der Waals surface area contributed by atoms with Crippen LogP contribution in [0.1, 0.15) is 43.6 Å². The van der Waals surface area contributed by atoms with Gasteiger partial charge in [-0.1, -0.05) is 12.1 Å². The average Bonchev–Trinajstić information content (AvgIpc) is 2.89. The van der Waals surface area contributed by atoms with Crippen LogP contribution < -0.4 is 16.7 Å². The number of benzene rings is 1. The molecule has 0 atom stereocenters. The molecule has 2 aromatic heterocycles. The van der Waals surface area contributed by atoms with Crippen molar-refractivity contribution in [2.75, 3.05) is 0 Å². The summed E-state index contributed by atoms with van der Waals surface area (Å²) in [5.74, 6) is 0. The third kappa shape index (κ3) is 2.95. The summed E-state index contributed by atoms with van der Waals surface area (Å²) in [4.78, 5) is 37.3. The van der Waals surface area contributed by atoms with Gasteiger partial charge in [-0.15, -0.1) is 0 Å². The van der Waals surface area contributed by atoms with E-state index in [1.165, 1.54) is 16.7 Å². The highest BCUT2D eigenvalue weighted by Crippen LogP contribution is 2.36. The van der Waals surface area contributed by atoms with Crippen molar-refractivity contribution >= 4 is 24.4 Å². The highest BCUT2D eigenvalue weighted by atomic mass is 16.7. The summed E-state index contributed by atoms with van der Waals surface area (Å²) in [5, 5.41) is 0. The number of hydrogen-bond donors (Lipinski definition) is 0. The number of fused-ring (bicyclic) bond motifs is 1. The molecule has 8 heteroatoms. The molecule has 1 aromatic carbocycles. The molecule has 0 bridgehead atoms. The van der Waals surface area contributed by atoms with Crippen molar-refractivity contribution in [3.8, 4) is 5.69 Å². The van der Waals surface area contributed by atoms with Gasteiger partial charge in [-0.2, -0.15) is 0 Å². The Kier molecular flexibility index (Phi) is 4.60. The minimum Gasteiger partial charge on any atom is -0.399 e. The van der Waals surface area contributed by atoms with Gasteiger partial charge in [0.1, 0.15) is 0 Å². The molecular weight excluding hydrogens is 383 g/mol. The molecule has 0 saturated carbocycles. The van der Waals surface area contributed by atoms with Gasteiger partial charge in [-0.3, -0.25) is 14.0 Å². The first-order chi connectivity index (χ1) is 14.1. The fourth-order valence-electron chi connectivity index (χ4n) is 3.67. The van der Waals surface area contributed by atoms with E-state index in [0.717, 1.165) is 10.0 Å². The van der Waals surface area contributed by atoms with Gasteiger partial charge in [-0.05, 0) is 63.8 Å². The van der Waals surface area contributed by atoms with Crippen molar-refractivity contribution in [2.45, 2.75) is 45.8 Å². The van der Waals surface area contributed by atoms with E-state index in [2.05, 4.69) is 0 Å². The lowest BCUT2D eigenvalue weighted by Crippen LogP contribution is -2.41. The predicted octanol–water partition coefficient (Wildman–Crippen LogP) is 1.87. The Labute approximate surface area is 174 Å². The van der Waals surface area contributed by atoms with Crippen LogP contribution in [0.25, 0.3) is 11.2 Å². The monoisotopic (exact) mass is 406 g/mol. The molecule has 0 radical (unpaired) electrons. The predicted molar refractivity (Wildman–Crippen MR) is 115 cm³/mol. The molecule has 4 rings (SSSR count). The number of aromatic nitrogens is 2. The Morgan fingerprint density at radius 3 is 2.30 bits per heavy atom. The first kappa shape index (κ1) is 20.3. The van der Waals surface area contributed by atoms with Crippen molar-refractivity contribution in [1.82, 2.24) is 8.97 Å². The van der Waals surface area contributed by atoms with Crippen molar-refractivity contribution in [1.29, 1.82) is 0 Å². The second kappa shape index (κ2) is 6.79. The lowest BCUT2D eigenvalue weighted by atomic mass is 9.76. The Bertz CT molecular complexity index is 1270. The average molecular weight is 406 g/mol. The molecule has 0 unspecified atom stereocenters. The van der Waals surface area contributed by atoms with E-state index in [0.29, 0.717) is 17.5 Å². The standard InChI is InChI=1S/C22H23BN2O5/c1-14-16(23-29-21(2,3)22(4,5)30-23)9-6-10-17(14)25-19(27)12-18-15(13-26)8-7-11-24(18)20(25)28/h6-13H,1-5H3. The maximum atomic E-state index is 13.2. The largest absolute Gasteiger partial charge is 0.495 e. The second-order valence-corrected chi connectivity index (χ2v) is 8.52. The normalized spacial score (nSPS) is 17.4. The van der Waals surface area contributed by atoms with E-state index in [1.54, 1.807) is 24.3 Å². The van der Waals surface area contributed by atoms with Crippen molar-refractivity contribution in [3.63, 3.8) is 0 Å². The fourth-order valence-corrected chi connectivity index (χ4v) is 3.67. The molecule has 154 valence electrons. The van der Waals surface area contributed by atoms with Gasteiger partial charge in [0.05, 0.1) is 22.4 Å². The molecule has 7 nitrogen and oxygen atoms in total. The molecular formula is C22H23BN2O5. The topological polar surface area (TPSA) is 79.0 Å². The van der Waals surface area contributed by atoms with Crippen LogP contribution in [-0.4, -0.2) is 33.6 Å². The van der Waals surface area contributed by atoms with Crippen molar-refractivity contribution in [2.24, 2.45) is 0 Å². The molecule has 0 aliphatic carbocycles. The van der Waals surface area contributed by atoms with Gasteiger partial charge in [0.15, 0.2) is 6.29 Å². The van der Waals surface area contributed by atoms with Crippen LogP contribution in [0.15, 0.2) is 52.2 Å². The molecule has 0 spiro atoms. The van der Waals surface area contributed by atoms with E-state index in [4.69, 9.17) is 9.31 Å². The van der Waals surface area contributed by atoms with Gasteiger partial charge < -0.3 is 9.31 Å². The SMILES string of the molecule is Cc1c(B2OC(C)(C)C(C)(C)O2)cccc1-n1c(=O)cc2c(C=O)cccn2c1=O. The fraction of sp³-hybridized carbons (Fsp3) is 0.318.